The Labute approximate surface area is 132 Å². The summed E-state index contributed by atoms with van der Waals surface area (Å²) in [5.74, 6) is -0.0681. The molecule has 22 heavy (non-hydrogen) atoms. The number of carbonyl (C=O) groups is 2. The van der Waals surface area contributed by atoms with E-state index >= 15 is 0 Å². The van der Waals surface area contributed by atoms with Crippen LogP contribution in [0.1, 0.15) is 46.0 Å². The summed E-state index contributed by atoms with van der Waals surface area (Å²) in [4.78, 5) is 23.5. The predicted molar refractivity (Wildman–Crippen MR) is 91.0 cm³/mol. The first kappa shape index (κ1) is 18.2. The minimum atomic E-state index is -0.0835. The summed E-state index contributed by atoms with van der Waals surface area (Å²) in [6.07, 6.45) is 4.59. The lowest BCUT2D eigenvalue weighted by Gasteiger charge is -2.09. The second kappa shape index (κ2) is 10.8. The molecule has 0 atom stereocenters. The van der Waals surface area contributed by atoms with Gasteiger partial charge in [0.2, 0.25) is 11.8 Å². The van der Waals surface area contributed by atoms with Crippen LogP contribution in [0.4, 0.5) is 11.4 Å². The van der Waals surface area contributed by atoms with E-state index in [9.17, 15) is 9.59 Å². The molecule has 0 radical (unpaired) electrons. The van der Waals surface area contributed by atoms with Crippen molar-refractivity contribution in [2.75, 3.05) is 23.7 Å². The van der Waals surface area contributed by atoms with Gasteiger partial charge in [0.15, 0.2) is 0 Å². The third-order valence-corrected chi connectivity index (χ3v) is 3.15. The Bertz CT molecular complexity index is 435. The van der Waals surface area contributed by atoms with E-state index in [0.717, 1.165) is 32.2 Å². The van der Waals surface area contributed by atoms with Crippen LogP contribution in [0.25, 0.3) is 0 Å². The lowest BCUT2D eigenvalue weighted by molar-refractivity contribution is -0.116. The molecular weight excluding hydrogens is 278 g/mol. The fourth-order valence-corrected chi connectivity index (χ4v) is 2.02. The largest absolute Gasteiger partial charge is 0.326 e. The van der Waals surface area contributed by atoms with E-state index in [1.807, 2.05) is 18.2 Å². The maximum atomic E-state index is 11.8. The van der Waals surface area contributed by atoms with Crippen molar-refractivity contribution in [3.63, 3.8) is 0 Å². The average Bonchev–Trinajstić information content (AvgIpc) is 2.48. The topological polar surface area (TPSA) is 70.2 Å². The molecule has 1 rings (SSSR count). The van der Waals surface area contributed by atoms with E-state index in [2.05, 4.69) is 29.8 Å². The first-order valence-corrected chi connectivity index (χ1v) is 8.06. The van der Waals surface area contributed by atoms with Crippen molar-refractivity contribution in [1.29, 1.82) is 0 Å². The summed E-state index contributed by atoms with van der Waals surface area (Å²) < 4.78 is 0. The molecule has 0 heterocycles. The number of hydrogen-bond donors (Lipinski definition) is 3. The minimum absolute atomic E-state index is 0.0153. The number of rotatable bonds is 10. The van der Waals surface area contributed by atoms with Crippen molar-refractivity contribution in [2.24, 2.45) is 0 Å². The van der Waals surface area contributed by atoms with E-state index in [4.69, 9.17) is 0 Å². The predicted octanol–water partition coefficient (Wildman–Crippen LogP) is 3.14. The van der Waals surface area contributed by atoms with Gasteiger partial charge in [-0.3, -0.25) is 9.59 Å². The molecule has 0 aliphatic heterocycles. The molecule has 5 heteroatoms. The number of unbranched alkanes of at least 4 members (excludes halogenated alkanes) is 2. The van der Waals surface area contributed by atoms with Gasteiger partial charge in [-0.25, -0.2) is 0 Å². The molecule has 0 unspecified atom stereocenters. The molecule has 0 saturated heterocycles. The fourth-order valence-electron chi connectivity index (χ4n) is 2.02. The standard InChI is InChI=1S/C17H27N3O2/c1-3-5-6-10-16(21)19-14-8-7-9-15(12-14)20-17(22)13-18-11-4-2/h7-9,12,18H,3-6,10-11,13H2,1-2H3,(H,19,21)(H,20,22). The zero-order valence-electron chi connectivity index (χ0n) is 13.6. The molecule has 0 aromatic heterocycles. The molecule has 122 valence electrons. The molecule has 5 nitrogen and oxygen atoms in total. The number of benzene rings is 1. The van der Waals surface area contributed by atoms with Crippen LogP contribution in [0.3, 0.4) is 0 Å². The minimum Gasteiger partial charge on any atom is -0.326 e. The van der Waals surface area contributed by atoms with Crippen LogP contribution in [0, 0.1) is 0 Å². The fraction of sp³-hybridized carbons (Fsp3) is 0.529. The maximum absolute atomic E-state index is 11.8. The number of amides is 2. The first-order valence-electron chi connectivity index (χ1n) is 8.06. The van der Waals surface area contributed by atoms with Crippen molar-refractivity contribution in [3.8, 4) is 0 Å². The zero-order chi connectivity index (χ0) is 16.2. The van der Waals surface area contributed by atoms with Crippen molar-refractivity contribution >= 4 is 23.2 Å². The lowest BCUT2D eigenvalue weighted by atomic mass is 10.2. The summed E-state index contributed by atoms with van der Waals surface area (Å²) >= 11 is 0. The van der Waals surface area contributed by atoms with Crippen molar-refractivity contribution in [1.82, 2.24) is 5.32 Å². The smallest absolute Gasteiger partial charge is 0.238 e. The van der Waals surface area contributed by atoms with Crippen LogP contribution in [0.15, 0.2) is 24.3 Å². The molecule has 0 aliphatic rings. The molecule has 1 aromatic carbocycles. The molecular formula is C17H27N3O2. The Morgan fingerprint density at radius 3 is 2.27 bits per heavy atom. The highest BCUT2D eigenvalue weighted by Gasteiger charge is 2.05. The molecule has 0 saturated carbocycles. The number of hydrogen-bond acceptors (Lipinski definition) is 3. The van der Waals surface area contributed by atoms with Gasteiger partial charge in [-0.1, -0.05) is 32.8 Å². The van der Waals surface area contributed by atoms with Crippen LogP contribution in [-0.2, 0) is 9.59 Å². The SMILES string of the molecule is CCCCCC(=O)Nc1cccc(NC(=O)CNCCC)c1. The second-order valence-electron chi connectivity index (χ2n) is 5.31. The quantitative estimate of drug-likeness (QED) is 0.582. The summed E-state index contributed by atoms with van der Waals surface area (Å²) in [5.41, 5.74) is 1.40. The second-order valence-corrected chi connectivity index (χ2v) is 5.31. The van der Waals surface area contributed by atoms with Gasteiger partial charge in [-0.05, 0) is 37.6 Å². The Kier molecular flexibility index (Phi) is 8.91. The van der Waals surface area contributed by atoms with Crippen molar-refractivity contribution < 1.29 is 9.59 Å². The first-order chi connectivity index (χ1) is 10.7. The van der Waals surface area contributed by atoms with Crippen LogP contribution in [-0.4, -0.2) is 24.9 Å². The highest BCUT2D eigenvalue weighted by molar-refractivity contribution is 5.94. The molecule has 0 aliphatic carbocycles. The third kappa shape index (κ3) is 7.78. The van der Waals surface area contributed by atoms with E-state index in [-0.39, 0.29) is 11.8 Å². The molecule has 2 amide bonds. The normalized spacial score (nSPS) is 10.3. The van der Waals surface area contributed by atoms with Gasteiger partial charge >= 0.3 is 0 Å². The monoisotopic (exact) mass is 305 g/mol. The van der Waals surface area contributed by atoms with Crippen LogP contribution >= 0.6 is 0 Å². The Balaban J connectivity index is 2.44. The van der Waals surface area contributed by atoms with E-state index in [0.29, 0.717) is 24.3 Å². The van der Waals surface area contributed by atoms with Gasteiger partial charge in [-0.15, -0.1) is 0 Å². The summed E-state index contributed by atoms with van der Waals surface area (Å²) in [6, 6.07) is 7.22. The molecule has 0 fully saturated rings. The highest BCUT2D eigenvalue weighted by atomic mass is 16.2. The van der Waals surface area contributed by atoms with E-state index in [1.54, 1.807) is 6.07 Å². The maximum Gasteiger partial charge on any atom is 0.238 e. The third-order valence-electron chi connectivity index (χ3n) is 3.15. The van der Waals surface area contributed by atoms with Gasteiger partial charge in [0.1, 0.15) is 0 Å². The molecule has 1 aromatic rings. The lowest BCUT2D eigenvalue weighted by Crippen LogP contribution is -2.28. The van der Waals surface area contributed by atoms with E-state index < -0.39 is 0 Å². The van der Waals surface area contributed by atoms with E-state index in [1.165, 1.54) is 0 Å². The van der Waals surface area contributed by atoms with Gasteiger partial charge in [-0.2, -0.15) is 0 Å². The molecule has 3 N–H and O–H groups in total. The summed E-state index contributed by atoms with van der Waals surface area (Å²) in [5, 5.41) is 8.72. The Hall–Kier alpha value is -1.88. The van der Waals surface area contributed by atoms with Gasteiger partial charge in [0.25, 0.3) is 0 Å². The number of carbonyl (C=O) groups excluding carboxylic acids is 2. The summed E-state index contributed by atoms with van der Waals surface area (Å²) in [6.45, 7) is 5.28. The van der Waals surface area contributed by atoms with Crippen LogP contribution < -0.4 is 16.0 Å². The number of nitrogens with one attached hydrogen (secondary N) is 3. The Morgan fingerprint density at radius 1 is 0.955 bits per heavy atom. The Morgan fingerprint density at radius 2 is 1.64 bits per heavy atom. The zero-order valence-corrected chi connectivity index (χ0v) is 13.6. The average molecular weight is 305 g/mol. The van der Waals surface area contributed by atoms with Crippen LogP contribution in [0.5, 0.6) is 0 Å². The van der Waals surface area contributed by atoms with Gasteiger partial charge in [0, 0.05) is 17.8 Å². The van der Waals surface area contributed by atoms with Gasteiger partial charge < -0.3 is 16.0 Å². The van der Waals surface area contributed by atoms with Gasteiger partial charge in [0.05, 0.1) is 6.54 Å². The molecule has 0 bridgehead atoms. The van der Waals surface area contributed by atoms with Crippen LogP contribution in [0.2, 0.25) is 0 Å². The highest BCUT2D eigenvalue weighted by Crippen LogP contribution is 2.15. The summed E-state index contributed by atoms with van der Waals surface area (Å²) in [7, 11) is 0. The number of anilines is 2. The van der Waals surface area contributed by atoms with Crippen molar-refractivity contribution in [2.45, 2.75) is 46.0 Å². The van der Waals surface area contributed by atoms with Crippen molar-refractivity contribution in [3.05, 3.63) is 24.3 Å². The molecule has 0 spiro atoms.